The quantitative estimate of drug-likeness (QED) is 0.399. The van der Waals surface area contributed by atoms with Crippen molar-refractivity contribution in [2.45, 2.75) is 20.8 Å². The summed E-state index contributed by atoms with van der Waals surface area (Å²) in [7, 11) is 1.39. The van der Waals surface area contributed by atoms with E-state index in [-0.39, 0.29) is 5.97 Å². The highest BCUT2D eigenvalue weighted by Crippen LogP contribution is 1.94. The van der Waals surface area contributed by atoms with Crippen molar-refractivity contribution in [2.24, 2.45) is 5.92 Å². The van der Waals surface area contributed by atoms with Gasteiger partial charge < -0.3 is 10.1 Å². The molecule has 3 heteroatoms. The van der Waals surface area contributed by atoms with Crippen LogP contribution in [0.1, 0.15) is 20.8 Å². The monoisotopic (exact) mass is 185 g/mol. The van der Waals surface area contributed by atoms with Gasteiger partial charge in [0.2, 0.25) is 0 Å². The smallest absolute Gasteiger partial charge is 0.333 e. The van der Waals surface area contributed by atoms with E-state index in [1.54, 1.807) is 6.92 Å². The summed E-state index contributed by atoms with van der Waals surface area (Å²) in [4.78, 5) is 10.9. The highest BCUT2D eigenvalue weighted by molar-refractivity contribution is 5.87. The fraction of sp³-hybridized carbons (Fsp3) is 0.700. The molecule has 0 aromatic carbocycles. The van der Waals surface area contributed by atoms with Crippen molar-refractivity contribution >= 4 is 5.97 Å². The fourth-order valence-electron chi connectivity index (χ4n) is 0.842. The zero-order chi connectivity index (χ0) is 10.3. The van der Waals surface area contributed by atoms with Crippen LogP contribution in [-0.2, 0) is 9.53 Å². The van der Waals surface area contributed by atoms with Gasteiger partial charge >= 0.3 is 5.97 Å². The van der Waals surface area contributed by atoms with Crippen LogP contribution >= 0.6 is 0 Å². The lowest BCUT2D eigenvalue weighted by Crippen LogP contribution is -2.20. The summed E-state index contributed by atoms with van der Waals surface area (Å²) in [6.07, 6.45) is 1.84. The summed E-state index contributed by atoms with van der Waals surface area (Å²) in [6, 6.07) is 0. The molecule has 0 unspecified atom stereocenters. The molecule has 0 heterocycles. The molecule has 0 rings (SSSR count). The van der Waals surface area contributed by atoms with Crippen molar-refractivity contribution in [1.82, 2.24) is 5.32 Å². The summed E-state index contributed by atoms with van der Waals surface area (Å²) in [5.41, 5.74) is 0.652. The topological polar surface area (TPSA) is 38.3 Å². The van der Waals surface area contributed by atoms with E-state index in [0.29, 0.717) is 11.5 Å². The van der Waals surface area contributed by atoms with E-state index >= 15 is 0 Å². The third-order valence-electron chi connectivity index (χ3n) is 1.61. The molecule has 0 aliphatic heterocycles. The molecule has 76 valence electrons. The number of carbonyl (C=O) groups excluding carboxylic acids is 1. The number of esters is 1. The first-order valence-electron chi connectivity index (χ1n) is 4.53. The molecule has 0 saturated heterocycles. The van der Waals surface area contributed by atoms with Gasteiger partial charge in [0.05, 0.1) is 7.11 Å². The van der Waals surface area contributed by atoms with Crippen LogP contribution in [0.25, 0.3) is 0 Å². The molecule has 0 atom stereocenters. The number of hydrogen-bond donors (Lipinski definition) is 1. The second-order valence-corrected chi connectivity index (χ2v) is 3.43. The van der Waals surface area contributed by atoms with Gasteiger partial charge in [-0.2, -0.15) is 0 Å². The summed E-state index contributed by atoms with van der Waals surface area (Å²) < 4.78 is 4.56. The number of carbonyl (C=O) groups is 1. The van der Waals surface area contributed by atoms with Gasteiger partial charge in [0.1, 0.15) is 0 Å². The highest BCUT2D eigenvalue weighted by Gasteiger charge is 2.00. The van der Waals surface area contributed by atoms with Gasteiger partial charge in [-0.1, -0.05) is 19.9 Å². The maximum absolute atomic E-state index is 10.9. The molecule has 0 saturated carbocycles. The molecule has 3 nitrogen and oxygen atoms in total. The predicted octanol–water partition coefficient (Wildman–Crippen LogP) is 1.35. The van der Waals surface area contributed by atoms with Crippen LogP contribution in [0.5, 0.6) is 0 Å². The second-order valence-electron chi connectivity index (χ2n) is 3.43. The lowest BCUT2D eigenvalue weighted by Gasteiger charge is -2.04. The molecule has 0 aromatic heterocycles. The van der Waals surface area contributed by atoms with Crippen molar-refractivity contribution in [1.29, 1.82) is 0 Å². The molecule has 0 spiro atoms. The van der Waals surface area contributed by atoms with Crippen LogP contribution in [0.4, 0.5) is 0 Å². The number of rotatable bonds is 5. The first kappa shape index (κ1) is 12.2. The Kier molecular flexibility index (Phi) is 6.24. The van der Waals surface area contributed by atoms with E-state index in [9.17, 15) is 4.79 Å². The van der Waals surface area contributed by atoms with E-state index < -0.39 is 0 Å². The van der Waals surface area contributed by atoms with Gasteiger partial charge in [0.25, 0.3) is 0 Å². The molecule has 1 N–H and O–H groups in total. The first-order valence-corrected chi connectivity index (χ1v) is 4.53. The van der Waals surface area contributed by atoms with Crippen molar-refractivity contribution < 1.29 is 9.53 Å². The average molecular weight is 185 g/mol. The Bertz CT molecular complexity index is 185. The molecule has 0 radical (unpaired) electrons. The third kappa shape index (κ3) is 6.34. The largest absolute Gasteiger partial charge is 0.466 e. The Balaban J connectivity index is 3.65. The zero-order valence-corrected chi connectivity index (χ0v) is 8.89. The minimum Gasteiger partial charge on any atom is -0.466 e. The lowest BCUT2D eigenvalue weighted by atomic mass is 10.2. The maximum atomic E-state index is 10.9. The normalized spacial score (nSPS) is 11.9. The molecular weight excluding hydrogens is 166 g/mol. The molecular formula is C10H19NO2. The van der Waals surface area contributed by atoms with Gasteiger partial charge in [-0.25, -0.2) is 4.79 Å². The molecule has 0 amide bonds. The van der Waals surface area contributed by atoms with Crippen LogP contribution in [0, 0.1) is 5.92 Å². The van der Waals surface area contributed by atoms with E-state index in [2.05, 4.69) is 23.9 Å². The average Bonchev–Trinajstić information content (AvgIpc) is 2.10. The standard InChI is InChI=1S/C10H19NO2/c1-8(2)7-11-6-5-9(3)10(12)13-4/h5,8,11H,6-7H2,1-4H3. The third-order valence-corrected chi connectivity index (χ3v) is 1.61. The predicted molar refractivity (Wildman–Crippen MR) is 53.5 cm³/mol. The number of nitrogens with one attached hydrogen (secondary N) is 1. The first-order chi connectivity index (χ1) is 6.07. The van der Waals surface area contributed by atoms with E-state index in [1.165, 1.54) is 7.11 Å². The lowest BCUT2D eigenvalue weighted by molar-refractivity contribution is -0.136. The second kappa shape index (κ2) is 6.66. The van der Waals surface area contributed by atoms with Gasteiger partial charge in [-0.3, -0.25) is 0 Å². The zero-order valence-electron chi connectivity index (χ0n) is 8.89. The molecule has 0 aliphatic rings. The van der Waals surface area contributed by atoms with Crippen LogP contribution in [0.3, 0.4) is 0 Å². The Labute approximate surface area is 80.2 Å². The fourth-order valence-corrected chi connectivity index (χ4v) is 0.842. The van der Waals surface area contributed by atoms with Gasteiger partial charge in [0.15, 0.2) is 0 Å². The van der Waals surface area contributed by atoms with Crippen LogP contribution in [0.15, 0.2) is 11.6 Å². The number of ether oxygens (including phenoxy) is 1. The summed E-state index contributed by atoms with van der Waals surface area (Å²) in [6.45, 7) is 7.72. The van der Waals surface area contributed by atoms with E-state index in [1.807, 2.05) is 6.08 Å². The summed E-state index contributed by atoms with van der Waals surface area (Å²) in [5, 5.41) is 3.21. The Morgan fingerprint density at radius 3 is 2.62 bits per heavy atom. The summed E-state index contributed by atoms with van der Waals surface area (Å²) >= 11 is 0. The van der Waals surface area contributed by atoms with Crippen LogP contribution in [0.2, 0.25) is 0 Å². The molecule has 0 aliphatic carbocycles. The van der Waals surface area contributed by atoms with Gasteiger partial charge in [0, 0.05) is 12.1 Å². The van der Waals surface area contributed by atoms with Crippen molar-refractivity contribution in [2.75, 3.05) is 20.2 Å². The number of methoxy groups -OCH3 is 1. The van der Waals surface area contributed by atoms with Crippen LogP contribution < -0.4 is 5.32 Å². The van der Waals surface area contributed by atoms with Crippen molar-refractivity contribution in [3.8, 4) is 0 Å². The highest BCUT2D eigenvalue weighted by atomic mass is 16.5. The molecule has 0 bridgehead atoms. The van der Waals surface area contributed by atoms with E-state index in [0.717, 1.165) is 13.1 Å². The van der Waals surface area contributed by atoms with Crippen LogP contribution in [-0.4, -0.2) is 26.2 Å². The van der Waals surface area contributed by atoms with Crippen molar-refractivity contribution in [3.63, 3.8) is 0 Å². The Hall–Kier alpha value is -0.830. The summed E-state index contributed by atoms with van der Waals surface area (Å²) in [5.74, 6) is 0.373. The van der Waals surface area contributed by atoms with E-state index in [4.69, 9.17) is 0 Å². The molecule has 0 aromatic rings. The minimum absolute atomic E-state index is 0.258. The maximum Gasteiger partial charge on any atom is 0.333 e. The SMILES string of the molecule is COC(=O)C(C)=CCNCC(C)C. The molecule has 0 fully saturated rings. The van der Waals surface area contributed by atoms with Gasteiger partial charge in [-0.05, 0) is 19.4 Å². The minimum atomic E-state index is -0.258. The number of hydrogen-bond acceptors (Lipinski definition) is 3. The molecule has 13 heavy (non-hydrogen) atoms. The van der Waals surface area contributed by atoms with Crippen molar-refractivity contribution in [3.05, 3.63) is 11.6 Å². The van der Waals surface area contributed by atoms with Gasteiger partial charge in [-0.15, -0.1) is 0 Å². The Morgan fingerprint density at radius 2 is 2.15 bits per heavy atom. The Morgan fingerprint density at radius 1 is 1.54 bits per heavy atom.